The van der Waals surface area contributed by atoms with E-state index in [0.29, 0.717) is 0 Å². The standard InChI is InChI=1S/C13H14N2O3/c1-8(13(17)18)15-12(16)6-9-7-14-11-5-3-2-4-10(9)11/h2-5,7-8,14H,6H2,1H3,(H,15,16)(H,17,18)/p-1/t8-/m0/s1. The lowest BCUT2D eigenvalue weighted by Crippen LogP contribution is -2.46. The quantitative estimate of drug-likeness (QED) is 0.793. The molecule has 0 aliphatic carbocycles. The Morgan fingerprint density at radius 1 is 1.39 bits per heavy atom. The van der Waals surface area contributed by atoms with E-state index >= 15 is 0 Å². The molecule has 5 heteroatoms. The Bertz CT molecular complexity index is 589. The number of nitrogens with one attached hydrogen (secondary N) is 2. The highest BCUT2D eigenvalue weighted by molar-refractivity contribution is 5.90. The first-order valence-electron chi connectivity index (χ1n) is 5.63. The highest BCUT2D eigenvalue weighted by atomic mass is 16.4. The van der Waals surface area contributed by atoms with E-state index in [1.54, 1.807) is 6.20 Å². The van der Waals surface area contributed by atoms with Crippen LogP contribution < -0.4 is 10.4 Å². The van der Waals surface area contributed by atoms with E-state index in [0.717, 1.165) is 16.5 Å². The summed E-state index contributed by atoms with van der Waals surface area (Å²) in [6.07, 6.45) is 1.90. The van der Waals surface area contributed by atoms with E-state index in [-0.39, 0.29) is 12.3 Å². The van der Waals surface area contributed by atoms with E-state index in [4.69, 9.17) is 0 Å². The highest BCUT2D eigenvalue weighted by Crippen LogP contribution is 2.17. The maximum atomic E-state index is 11.7. The summed E-state index contributed by atoms with van der Waals surface area (Å²) < 4.78 is 0. The van der Waals surface area contributed by atoms with Gasteiger partial charge in [0.1, 0.15) is 0 Å². The van der Waals surface area contributed by atoms with E-state index < -0.39 is 12.0 Å². The number of fused-ring (bicyclic) bond motifs is 1. The number of carboxylic acid groups (broad SMARTS) is 1. The summed E-state index contributed by atoms with van der Waals surface area (Å²) in [6.45, 7) is 1.38. The van der Waals surface area contributed by atoms with Crippen LogP contribution in [-0.2, 0) is 16.0 Å². The molecule has 18 heavy (non-hydrogen) atoms. The van der Waals surface area contributed by atoms with Crippen molar-refractivity contribution >= 4 is 22.8 Å². The molecule has 1 heterocycles. The molecule has 0 aliphatic heterocycles. The van der Waals surface area contributed by atoms with Gasteiger partial charge >= 0.3 is 0 Å². The number of H-pyrrole nitrogens is 1. The van der Waals surface area contributed by atoms with E-state index in [9.17, 15) is 14.7 Å². The van der Waals surface area contributed by atoms with Gasteiger partial charge in [0.15, 0.2) is 0 Å². The average molecular weight is 245 g/mol. The average Bonchev–Trinajstić information content (AvgIpc) is 2.72. The number of benzene rings is 1. The molecule has 1 atom stereocenters. The summed E-state index contributed by atoms with van der Waals surface area (Å²) in [5, 5.41) is 13.9. The molecule has 94 valence electrons. The van der Waals surface area contributed by atoms with Crippen LogP contribution in [0.25, 0.3) is 10.9 Å². The zero-order valence-corrected chi connectivity index (χ0v) is 9.90. The van der Waals surface area contributed by atoms with Crippen LogP contribution >= 0.6 is 0 Å². The molecule has 1 aromatic heterocycles. The molecule has 0 radical (unpaired) electrons. The van der Waals surface area contributed by atoms with Crippen molar-refractivity contribution < 1.29 is 14.7 Å². The summed E-state index contributed by atoms with van der Waals surface area (Å²) in [7, 11) is 0. The van der Waals surface area contributed by atoms with Crippen LogP contribution in [-0.4, -0.2) is 22.9 Å². The molecule has 2 N–H and O–H groups in total. The molecule has 0 bridgehead atoms. The first-order valence-corrected chi connectivity index (χ1v) is 5.63. The molecule has 5 nitrogen and oxygen atoms in total. The first-order chi connectivity index (χ1) is 8.58. The lowest BCUT2D eigenvalue weighted by atomic mass is 10.1. The van der Waals surface area contributed by atoms with Crippen molar-refractivity contribution in [3.8, 4) is 0 Å². The first kappa shape index (κ1) is 12.2. The van der Waals surface area contributed by atoms with Gasteiger partial charge in [-0.15, -0.1) is 0 Å². The van der Waals surface area contributed by atoms with Gasteiger partial charge in [-0.25, -0.2) is 0 Å². The third-order valence-corrected chi connectivity index (χ3v) is 2.76. The van der Waals surface area contributed by atoms with Gasteiger partial charge in [-0.1, -0.05) is 18.2 Å². The molecule has 0 saturated carbocycles. The zero-order valence-electron chi connectivity index (χ0n) is 9.90. The molecule has 2 aromatic rings. The summed E-state index contributed by atoms with van der Waals surface area (Å²) >= 11 is 0. The van der Waals surface area contributed by atoms with Gasteiger partial charge in [-0.2, -0.15) is 0 Å². The molecular weight excluding hydrogens is 232 g/mol. The van der Waals surface area contributed by atoms with Crippen LogP contribution in [0.4, 0.5) is 0 Å². The maximum Gasteiger partial charge on any atom is 0.225 e. The Balaban J connectivity index is 2.10. The number of carbonyl (C=O) groups excluding carboxylic acids is 2. The molecule has 1 aromatic carbocycles. The molecule has 0 aliphatic rings. The predicted molar refractivity (Wildman–Crippen MR) is 64.6 cm³/mol. The number of hydrogen-bond donors (Lipinski definition) is 2. The van der Waals surface area contributed by atoms with Crippen LogP contribution in [0.1, 0.15) is 12.5 Å². The van der Waals surface area contributed by atoms with Crippen LogP contribution in [0.15, 0.2) is 30.5 Å². The Morgan fingerprint density at radius 2 is 2.11 bits per heavy atom. The molecule has 0 unspecified atom stereocenters. The normalized spacial score (nSPS) is 12.3. The third kappa shape index (κ3) is 2.51. The van der Waals surface area contributed by atoms with Crippen molar-refractivity contribution in [3.05, 3.63) is 36.0 Å². The fraction of sp³-hybridized carbons (Fsp3) is 0.231. The molecule has 1 amide bonds. The summed E-state index contributed by atoms with van der Waals surface area (Å²) in [5.74, 6) is -1.63. The van der Waals surface area contributed by atoms with Crippen LogP contribution in [0.3, 0.4) is 0 Å². The lowest BCUT2D eigenvalue weighted by molar-refractivity contribution is -0.307. The molecule has 0 spiro atoms. The van der Waals surface area contributed by atoms with Crippen molar-refractivity contribution in [1.29, 1.82) is 0 Å². The Kier molecular flexibility index (Phi) is 3.32. The van der Waals surface area contributed by atoms with Crippen LogP contribution in [0, 0.1) is 0 Å². The molecule has 0 fully saturated rings. The lowest BCUT2D eigenvalue weighted by Gasteiger charge is -2.14. The smallest absolute Gasteiger partial charge is 0.225 e. The summed E-state index contributed by atoms with van der Waals surface area (Å²) in [4.78, 5) is 25.2. The zero-order chi connectivity index (χ0) is 13.1. The number of amides is 1. The molecule has 0 saturated heterocycles. The summed E-state index contributed by atoms with van der Waals surface area (Å²) in [6, 6.07) is 6.64. The number of para-hydroxylation sites is 1. The fourth-order valence-electron chi connectivity index (χ4n) is 1.80. The van der Waals surface area contributed by atoms with Gasteiger partial charge in [-0.05, 0) is 18.6 Å². The Hall–Kier alpha value is -2.30. The van der Waals surface area contributed by atoms with Gasteiger partial charge in [0.05, 0.1) is 18.4 Å². The molecule has 2 rings (SSSR count). The van der Waals surface area contributed by atoms with Crippen LogP contribution in [0.5, 0.6) is 0 Å². The van der Waals surface area contributed by atoms with Crippen molar-refractivity contribution in [2.24, 2.45) is 0 Å². The highest BCUT2D eigenvalue weighted by Gasteiger charge is 2.11. The van der Waals surface area contributed by atoms with Gasteiger partial charge in [0.25, 0.3) is 0 Å². The monoisotopic (exact) mass is 245 g/mol. The number of aliphatic carboxylic acids is 1. The predicted octanol–water partition coefficient (Wildman–Crippen LogP) is -0.0350. The van der Waals surface area contributed by atoms with E-state index in [1.165, 1.54) is 6.92 Å². The van der Waals surface area contributed by atoms with Gasteiger partial charge in [-0.3, -0.25) is 4.79 Å². The second-order valence-electron chi connectivity index (χ2n) is 4.14. The number of aromatic nitrogens is 1. The number of carbonyl (C=O) groups is 2. The molecular formula is C13H13N2O3-. The van der Waals surface area contributed by atoms with E-state index in [1.807, 2.05) is 24.3 Å². The van der Waals surface area contributed by atoms with Crippen molar-refractivity contribution in [2.75, 3.05) is 0 Å². The minimum atomic E-state index is -1.29. The second kappa shape index (κ2) is 4.91. The van der Waals surface area contributed by atoms with Crippen molar-refractivity contribution in [2.45, 2.75) is 19.4 Å². The summed E-state index contributed by atoms with van der Waals surface area (Å²) in [5.41, 5.74) is 1.79. The number of rotatable bonds is 4. The van der Waals surface area contributed by atoms with Crippen LogP contribution in [0.2, 0.25) is 0 Å². The van der Waals surface area contributed by atoms with Gasteiger partial charge in [0, 0.05) is 17.1 Å². The topological polar surface area (TPSA) is 85.0 Å². The fourth-order valence-corrected chi connectivity index (χ4v) is 1.80. The minimum absolute atomic E-state index is 0.141. The minimum Gasteiger partial charge on any atom is -0.548 e. The number of hydrogen-bond acceptors (Lipinski definition) is 3. The second-order valence-corrected chi connectivity index (χ2v) is 4.14. The van der Waals surface area contributed by atoms with Gasteiger partial charge < -0.3 is 20.2 Å². The Morgan fingerprint density at radius 3 is 2.83 bits per heavy atom. The third-order valence-electron chi connectivity index (χ3n) is 2.76. The number of carboxylic acids is 1. The maximum absolute atomic E-state index is 11.7. The van der Waals surface area contributed by atoms with Crippen molar-refractivity contribution in [1.82, 2.24) is 10.3 Å². The number of aromatic amines is 1. The van der Waals surface area contributed by atoms with Crippen molar-refractivity contribution in [3.63, 3.8) is 0 Å². The Labute approximate surface area is 104 Å². The van der Waals surface area contributed by atoms with Gasteiger partial charge in [0.2, 0.25) is 5.91 Å². The van der Waals surface area contributed by atoms with E-state index in [2.05, 4.69) is 10.3 Å². The SMILES string of the molecule is C[C@H](NC(=O)Cc1c[nH]c2ccccc12)C(=O)[O-]. The largest absolute Gasteiger partial charge is 0.548 e.